The molecule has 11 heteroatoms. The molecule has 1 aliphatic heterocycles. The lowest BCUT2D eigenvalue weighted by atomic mass is 9.85. The van der Waals surface area contributed by atoms with Crippen molar-refractivity contribution in [3.05, 3.63) is 41.0 Å². The molecule has 0 aliphatic carbocycles. The van der Waals surface area contributed by atoms with Crippen LogP contribution in [-0.4, -0.2) is 77.2 Å². The van der Waals surface area contributed by atoms with Crippen molar-refractivity contribution in [2.75, 3.05) is 26.3 Å². The molecule has 1 aliphatic rings. The zero-order valence-corrected chi connectivity index (χ0v) is 22.6. The number of aliphatic hydroxyl groups excluding tert-OH is 1. The van der Waals surface area contributed by atoms with E-state index in [4.69, 9.17) is 10.5 Å². The predicted octanol–water partition coefficient (Wildman–Crippen LogP) is 1.20. The third kappa shape index (κ3) is 7.57. The highest BCUT2D eigenvalue weighted by Crippen LogP contribution is 2.28. The zero-order chi connectivity index (χ0) is 27.2. The van der Waals surface area contributed by atoms with Crippen LogP contribution in [0.5, 0.6) is 0 Å². The molecule has 3 rings (SSSR count). The number of nitrogens with two attached hydrogens (primary N) is 1. The van der Waals surface area contributed by atoms with E-state index in [2.05, 4.69) is 15.6 Å². The van der Waals surface area contributed by atoms with Crippen molar-refractivity contribution in [3.8, 4) is 10.4 Å². The molecule has 2 aromatic rings. The van der Waals surface area contributed by atoms with Crippen molar-refractivity contribution in [2.45, 2.75) is 58.8 Å². The number of aliphatic hydroxyl groups is 1. The molecule has 3 atom stereocenters. The Morgan fingerprint density at radius 2 is 1.97 bits per heavy atom. The van der Waals surface area contributed by atoms with Gasteiger partial charge in [0.05, 0.1) is 28.8 Å². The molecule has 0 unspecified atom stereocenters. The number of rotatable bonds is 10. The Morgan fingerprint density at radius 1 is 1.27 bits per heavy atom. The number of carbonyl (C=O) groups excluding carboxylic acids is 3. The van der Waals surface area contributed by atoms with Crippen LogP contribution >= 0.6 is 11.3 Å². The number of aromatic nitrogens is 1. The molecule has 0 spiro atoms. The Hall–Kier alpha value is -2.86. The molecule has 202 valence electrons. The van der Waals surface area contributed by atoms with Gasteiger partial charge in [-0.1, -0.05) is 45.0 Å². The number of carbonyl (C=O) groups is 3. The molecule has 37 heavy (non-hydrogen) atoms. The normalized spacial score (nSPS) is 18.5. The molecule has 1 saturated heterocycles. The van der Waals surface area contributed by atoms with Gasteiger partial charge in [-0.25, -0.2) is 4.98 Å². The van der Waals surface area contributed by atoms with E-state index >= 15 is 0 Å². The Bertz CT molecular complexity index is 1080. The summed E-state index contributed by atoms with van der Waals surface area (Å²) in [5, 5.41) is 15.9. The fourth-order valence-corrected chi connectivity index (χ4v) is 5.04. The first-order chi connectivity index (χ1) is 17.5. The Labute approximate surface area is 221 Å². The Balaban J connectivity index is 1.65. The lowest BCUT2D eigenvalue weighted by Gasteiger charge is -2.35. The molecule has 1 aromatic carbocycles. The summed E-state index contributed by atoms with van der Waals surface area (Å²) in [6.07, 6.45) is -0.697. The Kier molecular flexibility index (Phi) is 9.77. The van der Waals surface area contributed by atoms with E-state index in [1.54, 1.807) is 11.3 Å². The summed E-state index contributed by atoms with van der Waals surface area (Å²) < 4.78 is 5.18. The van der Waals surface area contributed by atoms with Crippen molar-refractivity contribution < 1.29 is 24.2 Å². The van der Waals surface area contributed by atoms with Crippen molar-refractivity contribution in [1.29, 1.82) is 0 Å². The maximum atomic E-state index is 13.5. The summed E-state index contributed by atoms with van der Waals surface area (Å²) in [7, 11) is 0. The zero-order valence-electron chi connectivity index (χ0n) is 21.8. The number of hydrogen-bond acceptors (Lipinski definition) is 8. The molecular weight excluding hydrogens is 494 g/mol. The molecule has 0 saturated carbocycles. The van der Waals surface area contributed by atoms with Gasteiger partial charge in [0, 0.05) is 26.1 Å². The number of thiazole rings is 1. The molecule has 1 aromatic heterocycles. The van der Waals surface area contributed by atoms with E-state index in [0.29, 0.717) is 0 Å². The summed E-state index contributed by atoms with van der Waals surface area (Å²) in [4.78, 5) is 45.8. The third-order valence-corrected chi connectivity index (χ3v) is 7.18. The minimum absolute atomic E-state index is 0.0198. The molecule has 1 fully saturated rings. The number of nitrogens with zero attached hydrogens (tertiary/aromatic N) is 2. The second-order valence-corrected chi connectivity index (χ2v) is 11.1. The van der Waals surface area contributed by atoms with E-state index < -0.39 is 35.4 Å². The minimum atomic E-state index is -0.898. The largest absolute Gasteiger partial charge is 0.391 e. The van der Waals surface area contributed by atoms with E-state index in [9.17, 15) is 19.5 Å². The van der Waals surface area contributed by atoms with E-state index in [0.717, 1.165) is 21.7 Å². The van der Waals surface area contributed by atoms with Gasteiger partial charge in [0.25, 0.3) is 0 Å². The molecule has 0 radical (unpaired) electrons. The first-order valence-corrected chi connectivity index (χ1v) is 13.2. The second kappa shape index (κ2) is 12.6. The van der Waals surface area contributed by atoms with E-state index in [-0.39, 0.29) is 45.2 Å². The number of nitrogens with one attached hydrogen (secondary N) is 2. The summed E-state index contributed by atoms with van der Waals surface area (Å²) in [6.45, 7) is 8.06. The number of hydrogen-bond donors (Lipinski definition) is 4. The van der Waals surface area contributed by atoms with Crippen LogP contribution in [0.2, 0.25) is 0 Å². The lowest BCUT2D eigenvalue weighted by Crippen LogP contribution is -2.58. The summed E-state index contributed by atoms with van der Waals surface area (Å²) in [5.41, 5.74) is 9.52. The van der Waals surface area contributed by atoms with Crippen LogP contribution < -0.4 is 16.4 Å². The number of aryl methyl sites for hydroxylation is 1. The van der Waals surface area contributed by atoms with Gasteiger partial charge in [-0.2, -0.15) is 0 Å². The first kappa shape index (κ1) is 28.7. The topological polar surface area (TPSA) is 147 Å². The van der Waals surface area contributed by atoms with Gasteiger partial charge in [-0.15, -0.1) is 11.3 Å². The Morgan fingerprint density at radius 3 is 2.57 bits per heavy atom. The third-order valence-electron chi connectivity index (χ3n) is 6.21. The van der Waals surface area contributed by atoms with Crippen molar-refractivity contribution >= 4 is 29.1 Å². The van der Waals surface area contributed by atoms with Crippen molar-refractivity contribution in [3.63, 3.8) is 0 Å². The minimum Gasteiger partial charge on any atom is -0.391 e. The molecule has 5 N–H and O–H groups in total. The standard InChI is InChI=1S/C26H37N5O5S/c1-16-22(37-15-29-16)18-7-5-17(6-8-18)12-28-24(34)20-11-19(32)13-31(20)25(35)23(26(2,3)4)30-21(33)14-36-10-9-27/h5-8,15,19-20,23,32H,9-14,27H2,1-4H3,(H,28,34)(H,30,33)/t19-,20+,23+/m0/s1. The molecule has 2 heterocycles. The SMILES string of the molecule is Cc1ncsc1-c1ccc(CNC(=O)[C@H]2C[C@H](O)CN2C(=O)[C@@H](NC(=O)COCCN)C(C)(C)C)cc1. The number of likely N-dealkylation sites (tertiary alicyclic amines) is 1. The van der Waals surface area contributed by atoms with Crippen LogP contribution in [0.3, 0.4) is 0 Å². The van der Waals surface area contributed by atoms with E-state index in [1.807, 2.05) is 57.5 Å². The van der Waals surface area contributed by atoms with Gasteiger partial charge in [0.2, 0.25) is 17.7 Å². The van der Waals surface area contributed by atoms with Gasteiger partial charge in [-0.3, -0.25) is 14.4 Å². The molecule has 3 amide bonds. The maximum Gasteiger partial charge on any atom is 0.246 e. The summed E-state index contributed by atoms with van der Waals surface area (Å²) in [5.74, 6) is -1.21. The second-order valence-electron chi connectivity index (χ2n) is 10.3. The van der Waals surface area contributed by atoms with Crippen LogP contribution in [-0.2, 0) is 25.7 Å². The van der Waals surface area contributed by atoms with Gasteiger partial charge >= 0.3 is 0 Å². The summed E-state index contributed by atoms with van der Waals surface area (Å²) >= 11 is 1.58. The van der Waals surface area contributed by atoms with Crippen LogP contribution in [0.4, 0.5) is 0 Å². The van der Waals surface area contributed by atoms with Crippen molar-refractivity contribution in [2.24, 2.45) is 11.1 Å². The van der Waals surface area contributed by atoms with Crippen LogP contribution in [0.1, 0.15) is 38.4 Å². The predicted molar refractivity (Wildman–Crippen MR) is 142 cm³/mol. The summed E-state index contributed by atoms with van der Waals surface area (Å²) in [6, 6.07) is 6.13. The maximum absolute atomic E-state index is 13.5. The van der Waals surface area contributed by atoms with Crippen molar-refractivity contribution in [1.82, 2.24) is 20.5 Å². The van der Waals surface area contributed by atoms with Gasteiger partial charge in [0.1, 0.15) is 18.7 Å². The van der Waals surface area contributed by atoms with Crippen LogP contribution in [0.15, 0.2) is 29.8 Å². The molecule has 10 nitrogen and oxygen atoms in total. The highest BCUT2D eigenvalue weighted by molar-refractivity contribution is 7.13. The lowest BCUT2D eigenvalue weighted by molar-refractivity contribution is -0.144. The van der Waals surface area contributed by atoms with Gasteiger partial charge in [-0.05, 0) is 23.5 Å². The molecule has 0 bridgehead atoms. The van der Waals surface area contributed by atoms with Crippen LogP contribution in [0, 0.1) is 12.3 Å². The fourth-order valence-electron chi connectivity index (χ4n) is 4.23. The van der Waals surface area contributed by atoms with E-state index in [1.165, 1.54) is 4.90 Å². The average Bonchev–Trinajstić information content (AvgIpc) is 3.46. The van der Waals surface area contributed by atoms with Gasteiger partial charge < -0.3 is 31.1 Å². The quantitative estimate of drug-likeness (QED) is 0.337. The molecular formula is C26H37N5O5S. The number of β-amino-alcohol motifs (C(OH)–C–C–N with tert-alkyl or cyclic N) is 1. The monoisotopic (exact) mass is 531 g/mol. The highest BCUT2D eigenvalue weighted by atomic mass is 32.1. The first-order valence-electron chi connectivity index (χ1n) is 12.3. The van der Waals surface area contributed by atoms with Gasteiger partial charge in [0.15, 0.2) is 0 Å². The number of benzene rings is 1. The smallest absolute Gasteiger partial charge is 0.246 e. The average molecular weight is 532 g/mol. The number of amides is 3. The number of ether oxygens (including phenoxy) is 1. The highest BCUT2D eigenvalue weighted by Gasteiger charge is 2.44. The fraction of sp³-hybridized carbons (Fsp3) is 0.538. The van der Waals surface area contributed by atoms with Crippen LogP contribution in [0.25, 0.3) is 10.4 Å².